The number of thioether (sulfide) groups is 1. The summed E-state index contributed by atoms with van der Waals surface area (Å²) in [7, 11) is 1.76. The lowest BCUT2D eigenvalue weighted by Crippen LogP contribution is -2.36. The lowest BCUT2D eigenvalue weighted by Gasteiger charge is -2.24. The van der Waals surface area contributed by atoms with Crippen LogP contribution in [0.4, 0.5) is 0 Å². The number of amides is 1. The molecule has 1 atom stereocenters. The van der Waals surface area contributed by atoms with Crippen LogP contribution >= 0.6 is 11.8 Å². The van der Waals surface area contributed by atoms with Gasteiger partial charge in [-0.25, -0.2) is 4.79 Å². The van der Waals surface area contributed by atoms with Gasteiger partial charge in [-0.05, 0) is 37.4 Å². The topological polar surface area (TPSA) is 57.6 Å². The first-order chi connectivity index (χ1) is 8.47. The van der Waals surface area contributed by atoms with Gasteiger partial charge >= 0.3 is 5.97 Å². The van der Waals surface area contributed by atoms with Gasteiger partial charge in [0.1, 0.15) is 0 Å². The third-order valence-electron chi connectivity index (χ3n) is 2.77. The molecule has 1 aromatic rings. The molecule has 0 fully saturated rings. The Morgan fingerprint density at radius 3 is 2.22 bits per heavy atom. The third-order valence-corrected chi connectivity index (χ3v) is 3.58. The van der Waals surface area contributed by atoms with E-state index in [0.29, 0.717) is 5.56 Å². The minimum atomic E-state index is -0.988. The summed E-state index contributed by atoms with van der Waals surface area (Å²) >= 11 is 1.69. The van der Waals surface area contributed by atoms with Crippen molar-refractivity contribution in [3.63, 3.8) is 0 Å². The number of rotatable bonds is 5. The Labute approximate surface area is 111 Å². The van der Waals surface area contributed by atoms with Crippen molar-refractivity contribution in [2.75, 3.05) is 19.1 Å². The molecule has 0 saturated heterocycles. The molecular weight excluding hydrogens is 250 g/mol. The number of carboxylic acids is 1. The molecule has 0 aliphatic heterocycles. The van der Waals surface area contributed by atoms with Gasteiger partial charge in [-0.3, -0.25) is 4.79 Å². The normalized spacial score (nSPS) is 11.9. The highest BCUT2D eigenvalue weighted by atomic mass is 32.2. The molecule has 0 aliphatic rings. The minimum Gasteiger partial charge on any atom is -0.478 e. The maximum Gasteiger partial charge on any atom is 0.335 e. The van der Waals surface area contributed by atoms with Crippen molar-refractivity contribution in [2.45, 2.75) is 13.0 Å². The van der Waals surface area contributed by atoms with E-state index in [-0.39, 0.29) is 17.5 Å². The highest BCUT2D eigenvalue weighted by molar-refractivity contribution is 7.98. The van der Waals surface area contributed by atoms with Gasteiger partial charge in [0, 0.05) is 24.4 Å². The summed E-state index contributed by atoms with van der Waals surface area (Å²) in [5, 5.41) is 8.78. The van der Waals surface area contributed by atoms with Crippen LogP contribution in [-0.2, 0) is 0 Å². The van der Waals surface area contributed by atoms with Crippen LogP contribution in [0.15, 0.2) is 24.3 Å². The molecular formula is C13H17NO3S. The predicted octanol–water partition coefficient (Wildman–Crippen LogP) is 2.21. The zero-order valence-electron chi connectivity index (χ0n) is 10.7. The van der Waals surface area contributed by atoms with E-state index in [2.05, 4.69) is 0 Å². The van der Waals surface area contributed by atoms with Crippen molar-refractivity contribution >= 4 is 23.6 Å². The largest absolute Gasteiger partial charge is 0.478 e. The van der Waals surface area contributed by atoms with Crippen LogP contribution in [0.5, 0.6) is 0 Å². The number of hydrogen-bond acceptors (Lipinski definition) is 3. The van der Waals surface area contributed by atoms with Gasteiger partial charge in [0.2, 0.25) is 0 Å². The van der Waals surface area contributed by atoms with Gasteiger partial charge in [0.15, 0.2) is 0 Å². The van der Waals surface area contributed by atoms with Crippen LogP contribution in [-0.4, -0.2) is 47.0 Å². The SMILES string of the molecule is CSCC(C)N(C)C(=O)c1ccc(C(=O)O)cc1. The summed E-state index contributed by atoms with van der Waals surface area (Å²) in [5.41, 5.74) is 0.696. The van der Waals surface area contributed by atoms with Gasteiger partial charge < -0.3 is 10.0 Å². The van der Waals surface area contributed by atoms with E-state index in [1.165, 1.54) is 12.1 Å². The number of nitrogens with zero attached hydrogens (tertiary/aromatic N) is 1. The van der Waals surface area contributed by atoms with E-state index in [1.54, 1.807) is 35.8 Å². The number of hydrogen-bond donors (Lipinski definition) is 1. The van der Waals surface area contributed by atoms with E-state index >= 15 is 0 Å². The fourth-order valence-corrected chi connectivity index (χ4v) is 2.22. The summed E-state index contributed by atoms with van der Waals surface area (Å²) < 4.78 is 0. The van der Waals surface area contributed by atoms with Gasteiger partial charge in [0.05, 0.1) is 5.56 Å². The average molecular weight is 267 g/mol. The van der Waals surface area contributed by atoms with Crippen LogP contribution in [0.1, 0.15) is 27.6 Å². The Morgan fingerprint density at radius 1 is 1.28 bits per heavy atom. The fraction of sp³-hybridized carbons (Fsp3) is 0.385. The second-order valence-corrected chi connectivity index (χ2v) is 5.01. The van der Waals surface area contributed by atoms with E-state index < -0.39 is 5.97 Å². The lowest BCUT2D eigenvalue weighted by atomic mass is 10.1. The molecule has 0 bridgehead atoms. The summed E-state index contributed by atoms with van der Waals surface area (Å²) in [6.45, 7) is 1.99. The van der Waals surface area contributed by atoms with E-state index in [9.17, 15) is 9.59 Å². The maximum atomic E-state index is 12.1. The Hall–Kier alpha value is -1.49. The predicted molar refractivity (Wildman–Crippen MR) is 73.3 cm³/mol. The van der Waals surface area contributed by atoms with Crippen LogP contribution in [0.2, 0.25) is 0 Å². The number of carbonyl (C=O) groups excluding carboxylic acids is 1. The smallest absolute Gasteiger partial charge is 0.335 e. The standard InChI is InChI=1S/C13H17NO3S/c1-9(8-18-3)14(2)12(15)10-4-6-11(7-5-10)13(16)17/h4-7,9H,8H2,1-3H3,(H,16,17). The first-order valence-corrected chi connectivity index (χ1v) is 6.96. The Bertz CT molecular complexity index is 430. The molecule has 0 heterocycles. The first-order valence-electron chi connectivity index (χ1n) is 5.56. The molecule has 98 valence electrons. The summed E-state index contributed by atoms with van der Waals surface area (Å²) in [5.74, 6) is -0.207. The Morgan fingerprint density at radius 2 is 1.78 bits per heavy atom. The summed E-state index contributed by atoms with van der Waals surface area (Å²) in [4.78, 5) is 24.5. The molecule has 1 rings (SSSR count). The monoisotopic (exact) mass is 267 g/mol. The molecule has 0 spiro atoms. The number of carbonyl (C=O) groups is 2. The van der Waals surface area contributed by atoms with Crippen molar-refractivity contribution in [2.24, 2.45) is 0 Å². The third kappa shape index (κ3) is 3.50. The molecule has 18 heavy (non-hydrogen) atoms. The molecule has 0 aromatic heterocycles. The Balaban J connectivity index is 2.80. The molecule has 0 saturated carbocycles. The maximum absolute atomic E-state index is 12.1. The second-order valence-electron chi connectivity index (χ2n) is 4.10. The number of carboxylic acid groups (broad SMARTS) is 1. The van der Waals surface area contributed by atoms with Crippen molar-refractivity contribution in [1.29, 1.82) is 0 Å². The van der Waals surface area contributed by atoms with E-state index in [1.807, 2.05) is 13.2 Å². The van der Waals surface area contributed by atoms with Gasteiger partial charge in [-0.15, -0.1) is 0 Å². The second kappa shape index (κ2) is 6.44. The molecule has 4 nitrogen and oxygen atoms in total. The quantitative estimate of drug-likeness (QED) is 0.888. The Kier molecular flexibility index (Phi) is 5.22. The minimum absolute atomic E-state index is 0.0894. The highest BCUT2D eigenvalue weighted by Crippen LogP contribution is 2.11. The van der Waals surface area contributed by atoms with Gasteiger partial charge in [-0.1, -0.05) is 0 Å². The number of aromatic carboxylic acids is 1. The fourth-order valence-electron chi connectivity index (χ4n) is 1.51. The van der Waals surface area contributed by atoms with Crippen LogP contribution in [0, 0.1) is 0 Å². The average Bonchev–Trinajstić information content (AvgIpc) is 2.37. The highest BCUT2D eigenvalue weighted by Gasteiger charge is 2.17. The van der Waals surface area contributed by atoms with Crippen molar-refractivity contribution in [3.05, 3.63) is 35.4 Å². The molecule has 1 N–H and O–H groups in total. The van der Waals surface area contributed by atoms with Crippen molar-refractivity contribution < 1.29 is 14.7 Å². The summed E-state index contributed by atoms with van der Waals surface area (Å²) in [6, 6.07) is 6.14. The van der Waals surface area contributed by atoms with Crippen LogP contribution in [0.3, 0.4) is 0 Å². The molecule has 5 heteroatoms. The van der Waals surface area contributed by atoms with Crippen molar-refractivity contribution in [1.82, 2.24) is 4.90 Å². The molecule has 0 aliphatic carbocycles. The first kappa shape index (κ1) is 14.6. The molecule has 0 radical (unpaired) electrons. The number of benzene rings is 1. The van der Waals surface area contributed by atoms with Crippen molar-refractivity contribution in [3.8, 4) is 0 Å². The van der Waals surface area contributed by atoms with Crippen LogP contribution in [0.25, 0.3) is 0 Å². The summed E-state index contributed by atoms with van der Waals surface area (Å²) in [6.07, 6.45) is 2.00. The molecule has 1 unspecified atom stereocenters. The zero-order chi connectivity index (χ0) is 13.7. The van der Waals surface area contributed by atoms with Gasteiger partial charge in [0.25, 0.3) is 5.91 Å². The van der Waals surface area contributed by atoms with E-state index in [0.717, 1.165) is 5.75 Å². The van der Waals surface area contributed by atoms with E-state index in [4.69, 9.17) is 5.11 Å². The zero-order valence-corrected chi connectivity index (χ0v) is 11.5. The van der Waals surface area contributed by atoms with Crippen LogP contribution < -0.4 is 0 Å². The lowest BCUT2D eigenvalue weighted by molar-refractivity contribution is 0.0694. The molecule has 1 aromatic carbocycles. The van der Waals surface area contributed by atoms with Gasteiger partial charge in [-0.2, -0.15) is 11.8 Å². The molecule has 1 amide bonds.